The Labute approximate surface area is 136 Å². The zero-order valence-corrected chi connectivity index (χ0v) is 13.5. The van der Waals surface area contributed by atoms with E-state index >= 15 is 0 Å². The zero-order valence-electron chi connectivity index (χ0n) is 13.5. The van der Waals surface area contributed by atoms with Gasteiger partial charge in [-0.25, -0.2) is 0 Å². The summed E-state index contributed by atoms with van der Waals surface area (Å²) in [4.78, 5) is 24.3. The maximum atomic E-state index is 12.8. The van der Waals surface area contributed by atoms with Gasteiger partial charge in [-0.05, 0) is 37.2 Å². The topological polar surface area (TPSA) is 66.4 Å². The van der Waals surface area contributed by atoms with E-state index in [1.165, 1.54) is 5.56 Å². The van der Waals surface area contributed by atoms with Crippen LogP contribution < -0.4 is 5.32 Å². The number of carbonyl (C=O) groups is 2. The van der Waals surface area contributed by atoms with E-state index in [0.29, 0.717) is 0 Å². The van der Waals surface area contributed by atoms with Crippen LogP contribution in [0.2, 0.25) is 0 Å². The number of allylic oxidation sites excluding steroid dienone is 2. The van der Waals surface area contributed by atoms with Crippen LogP contribution in [0, 0.1) is 30.6 Å². The summed E-state index contributed by atoms with van der Waals surface area (Å²) in [5.74, 6) is -1.93. The average molecular weight is 313 g/mol. The van der Waals surface area contributed by atoms with E-state index in [9.17, 15) is 14.7 Å². The second kappa shape index (κ2) is 6.19. The van der Waals surface area contributed by atoms with Gasteiger partial charge in [0.1, 0.15) is 0 Å². The fraction of sp³-hybridized carbons (Fsp3) is 0.474. The van der Waals surface area contributed by atoms with Crippen molar-refractivity contribution in [3.05, 3.63) is 47.5 Å². The highest BCUT2D eigenvalue weighted by Crippen LogP contribution is 2.48. The second-order valence-corrected chi connectivity index (χ2v) is 6.72. The number of rotatable bonds is 5. The Bertz CT molecular complexity index is 635. The van der Waals surface area contributed by atoms with Crippen LogP contribution in [0.15, 0.2) is 36.4 Å². The molecule has 1 amide bonds. The molecule has 1 aromatic carbocycles. The van der Waals surface area contributed by atoms with Crippen molar-refractivity contribution in [1.82, 2.24) is 5.32 Å². The number of nitrogens with one attached hydrogen (secondary N) is 1. The number of aryl methyl sites for hydroxylation is 1. The molecule has 2 N–H and O–H groups in total. The van der Waals surface area contributed by atoms with Crippen LogP contribution in [0.3, 0.4) is 0 Å². The van der Waals surface area contributed by atoms with Crippen LogP contribution in [0.1, 0.15) is 36.9 Å². The molecule has 0 heterocycles. The van der Waals surface area contributed by atoms with E-state index in [1.807, 2.05) is 50.3 Å². The molecule has 1 saturated carbocycles. The Balaban J connectivity index is 1.76. The molecule has 0 unspecified atom stereocenters. The van der Waals surface area contributed by atoms with Crippen molar-refractivity contribution >= 4 is 11.9 Å². The quantitative estimate of drug-likeness (QED) is 0.821. The lowest BCUT2D eigenvalue weighted by molar-refractivity contribution is -0.148. The molecule has 0 aliphatic heterocycles. The lowest BCUT2D eigenvalue weighted by Crippen LogP contribution is -2.41. The summed E-state index contributed by atoms with van der Waals surface area (Å²) in [7, 11) is 0. The smallest absolute Gasteiger partial charge is 0.307 e. The van der Waals surface area contributed by atoms with Gasteiger partial charge < -0.3 is 10.4 Å². The van der Waals surface area contributed by atoms with Gasteiger partial charge in [0, 0.05) is 0 Å². The number of carboxylic acids is 1. The van der Waals surface area contributed by atoms with Gasteiger partial charge in [0.2, 0.25) is 5.91 Å². The molecule has 5 atom stereocenters. The van der Waals surface area contributed by atoms with Gasteiger partial charge in [-0.15, -0.1) is 0 Å². The summed E-state index contributed by atoms with van der Waals surface area (Å²) in [5, 5.41) is 12.6. The Morgan fingerprint density at radius 2 is 1.78 bits per heavy atom. The molecule has 4 heteroatoms. The third-order valence-electron chi connectivity index (χ3n) is 5.25. The van der Waals surface area contributed by atoms with Crippen molar-refractivity contribution in [3.63, 3.8) is 0 Å². The largest absolute Gasteiger partial charge is 0.481 e. The van der Waals surface area contributed by atoms with Gasteiger partial charge in [-0.3, -0.25) is 9.59 Å². The molecule has 0 spiro atoms. The first-order valence-electron chi connectivity index (χ1n) is 8.29. The Morgan fingerprint density at radius 1 is 1.17 bits per heavy atom. The first-order valence-corrected chi connectivity index (χ1v) is 8.29. The summed E-state index contributed by atoms with van der Waals surface area (Å²) < 4.78 is 0. The van der Waals surface area contributed by atoms with Crippen molar-refractivity contribution in [3.8, 4) is 0 Å². The predicted molar refractivity (Wildman–Crippen MR) is 87.7 cm³/mol. The SMILES string of the molecule is CC[C@H](NC(=O)[C@@H]1[C@@H](C(=O)O)[C@H]2C=C[C@H]1C2)c1ccc(C)cc1. The minimum absolute atomic E-state index is 0.00713. The van der Waals surface area contributed by atoms with E-state index in [-0.39, 0.29) is 23.8 Å². The third-order valence-corrected chi connectivity index (χ3v) is 5.25. The number of hydrogen-bond acceptors (Lipinski definition) is 2. The van der Waals surface area contributed by atoms with E-state index in [0.717, 1.165) is 18.4 Å². The molecule has 0 aromatic heterocycles. The molecular formula is C19H23NO3. The number of hydrogen-bond donors (Lipinski definition) is 2. The third kappa shape index (κ3) is 2.90. The lowest BCUT2D eigenvalue weighted by Gasteiger charge is -2.26. The number of carboxylic acid groups (broad SMARTS) is 1. The molecule has 1 aromatic rings. The monoisotopic (exact) mass is 313 g/mol. The van der Waals surface area contributed by atoms with Gasteiger partial charge in [0.15, 0.2) is 0 Å². The summed E-state index contributed by atoms with van der Waals surface area (Å²) in [6.07, 6.45) is 5.55. The van der Waals surface area contributed by atoms with Crippen LogP contribution in [0.4, 0.5) is 0 Å². The van der Waals surface area contributed by atoms with Gasteiger partial charge in [-0.2, -0.15) is 0 Å². The Hall–Kier alpha value is -2.10. The molecule has 0 saturated heterocycles. The van der Waals surface area contributed by atoms with E-state index in [2.05, 4.69) is 5.32 Å². The predicted octanol–water partition coefficient (Wildman–Crippen LogP) is 3.09. The van der Waals surface area contributed by atoms with Crippen molar-refractivity contribution in [2.75, 3.05) is 0 Å². The van der Waals surface area contributed by atoms with E-state index < -0.39 is 17.8 Å². The summed E-state index contributed by atoms with van der Waals surface area (Å²) in [6, 6.07) is 8.05. The highest BCUT2D eigenvalue weighted by atomic mass is 16.4. The maximum absolute atomic E-state index is 12.8. The molecule has 23 heavy (non-hydrogen) atoms. The minimum Gasteiger partial charge on any atom is -0.481 e. The van der Waals surface area contributed by atoms with Crippen LogP contribution in [0.5, 0.6) is 0 Å². The fourth-order valence-corrected chi connectivity index (χ4v) is 4.00. The summed E-state index contributed by atoms with van der Waals surface area (Å²) >= 11 is 0. The molecule has 2 aliphatic rings. The first-order chi connectivity index (χ1) is 11.0. The van der Waals surface area contributed by atoms with Crippen LogP contribution >= 0.6 is 0 Å². The number of benzene rings is 1. The van der Waals surface area contributed by atoms with Crippen molar-refractivity contribution in [1.29, 1.82) is 0 Å². The Morgan fingerprint density at radius 3 is 2.35 bits per heavy atom. The van der Waals surface area contributed by atoms with Crippen molar-refractivity contribution < 1.29 is 14.7 Å². The van der Waals surface area contributed by atoms with Gasteiger partial charge >= 0.3 is 5.97 Å². The van der Waals surface area contributed by atoms with Crippen LogP contribution in [-0.4, -0.2) is 17.0 Å². The second-order valence-electron chi connectivity index (χ2n) is 6.72. The van der Waals surface area contributed by atoms with Crippen molar-refractivity contribution in [2.24, 2.45) is 23.7 Å². The summed E-state index contributed by atoms with van der Waals surface area (Å²) in [6.45, 7) is 4.06. The normalized spacial score (nSPS) is 29.5. The minimum atomic E-state index is -0.856. The molecule has 4 nitrogen and oxygen atoms in total. The van der Waals surface area contributed by atoms with Crippen LogP contribution in [-0.2, 0) is 9.59 Å². The van der Waals surface area contributed by atoms with Gasteiger partial charge in [0.05, 0.1) is 17.9 Å². The number of fused-ring (bicyclic) bond motifs is 2. The number of carbonyl (C=O) groups excluding carboxylic acids is 1. The molecule has 2 aliphatic carbocycles. The molecule has 1 fully saturated rings. The van der Waals surface area contributed by atoms with Gasteiger partial charge in [0.25, 0.3) is 0 Å². The number of amides is 1. The molecular weight excluding hydrogens is 290 g/mol. The zero-order chi connectivity index (χ0) is 16.6. The standard InChI is InChI=1S/C19H23NO3/c1-3-15(12-6-4-11(2)5-7-12)20-18(21)16-13-8-9-14(10-13)17(16)19(22)23/h4-9,13-17H,3,10H2,1-2H3,(H,20,21)(H,22,23)/t13-,14-,15-,16-,17-/m0/s1. The summed E-state index contributed by atoms with van der Waals surface area (Å²) in [5.41, 5.74) is 2.25. The number of aliphatic carboxylic acids is 1. The first kappa shape index (κ1) is 15.8. The average Bonchev–Trinajstić information content (AvgIpc) is 3.14. The molecule has 2 bridgehead atoms. The highest BCUT2D eigenvalue weighted by molar-refractivity contribution is 5.87. The lowest BCUT2D eigenvalue weighted by atomic mass is 9.82. The molecule has 0 radical (unpaired) electrons. The van der Waals surface area contributed by atoms with E-state index in [1.54, 1.807) is 0 Å². The van der Waals surface area contributed by atoms with E-state index in [4.69, 9.17) is 0 Å². The van der Waals surface area contributed by atoms with Gasteiger partial charge in [-0.1, -0.05) is 48.9 Å². The maximum Gasteiger partial charge on any atom is 0.307 e. The van der Waals surface area contributed by atoms with Crippen molar-refractivity contribution in [2.45, 2.75) is 32.7 Å². The Kier molecular flexibility index (Phi) is 4.24. The fourth-order valence-electron chi connectivity index (χ4n) is 4.00. The highest BCUT2D eigenvalue weighted by Gasteiger charge is 2.51. The molecule has 3 rings (SSSR count). The molecule has 122 valence electrons. The van der Waals surface area contributed by atoms with Crippen LogP contribution in [0.25, 0.3) is 0 Å².